The summed E-state index contributed by atoms with van der Waals surface area (Å²) in [5, 5.41) is 0. The van der Waals surface area contributed by atoms with Crippen LogP contribution in [0.1, 0.15) is 59.0 Å². The number of benzene rings is 3. The van der Waals surface area contributed by atoms with Crippen LogP contribution >= 0.6 is 0 Å². The van der Waals surface area contributed by atoms with Gasteiger partial charge in [0.15, 0.2) is 0 Å². The van der Waals surface area contributed by atoms with Gasteiger partial charge in [0.2, 0.25) is 0 Å². The Morgan fingerprint density at radius 3 is 1.25 bits per heavy atom. The smallest absolute Gasteiger partial charge is 0.338 e. The predicted octanol–water partition coefficient (Wildman–Crippen LogP) is 8.37. The highest BCUT2D eigenvalue weighted by Crippen LogP contribution is 2.27. The lowest BCUT2D eigenvalue weighted by Crippen LogP contribution is -2.07. The van der Waals surface area contributed by atoms with Gasteiger partial charge in [-0.05, 0) is 73.2 Å². The molecule has 6 heteroatoms. The Bertz CT molecular complexity index is 1340. The number of unbranched alkanes of at least 4 members (excludes halogenated alkanes) is 2. The van der Waals surface area contributed by atoms with E-state index in [1.54, 1.807) is 12.1 Å². The van der Waals surface area contributed by atoms with Crippen LogP contribution in [-0.2, 0) is 4.74 Å². The normalized spacial score (nSPS) is 13.8. The minimum atomic E-state index is -0.431. The molecule has 0 spiro atoms. The van der Waals surface area contributed by atoms with Crippen molar-refractivity contribution in [3.63, 3.8) is 0 Å². The first-order chi connectivity index (χ1) is 21.7. The monoisotopic (exact) mass is 592 g/mol. The lowest BCUT2D eigenvalue weighted by Gasteiger charge is -2.13. The zero-order valence-corrected chi connectivity index (χ0v) is 25.2. The van der Waals surface area contributed by atoms with E-state index in [0.717, 1.165) is 37.2 Å². The van der Waals surface area contributed by atoms with Gasteiger partial charge in [0, 0.05) is 17.9 Å². The van der Waals surface area contributed by atoms with Crippen molar-refractivity contribution in [2.75, 3.05) is 33.5 Å². The fourth-order valence-corrected chi connectivity index (χ4v) is 5.02. The van der Waals surface area contributed by atoms with E-state index in [9.17, 15) is 4.79 Å². The van der Waals surface area contributed by atoms with Gasteiger partial charge in [-0.25, -0.2) is 4.79 Å². The maximum Gasteiger partial charge on any atom is 0.338 e. The van der Waals surface area contributed by atoms with Gasteiger partial charge in [0.25, 0.3) is 0 Å². The third-order valence-corrected chi connectivity index (χ3v) is 7.48. The second-order valence-electron chi connectivity index (χ2n) is 10.7. The molecule has 0 aromatic heterocycles. The topological polar surface area (TPSA) is 63.2 Å². The fourth-order valence-electron chi connectivity index (χ4n) is 5.02. The molecular weight excluding hydrogens is 552 g/mol. The largest absolute Gasteiger partial charge is 0.494 e. The van der Waals surface area contributed by atoms with E-state index in [2.05, 4.69) is 72.9 Å². The number of hydrogen-bond acceptors (Lipinski definition) is 6. The predicted molar refractivity (Wildman–Crippen MR) is 173 cm³/mol. The van der Waals surface area contributed by atoms with Gasteiger partial charge >= 0.3 is 5.97 Å². The summed E-state index contributed by atoms with van der Waals surface area (Å²) in [6, 6.07) is 21.7. The molecule has 0 aliphatic heterocycles. The van der Waals surface area contributed by atoms with Gasteiger partial charge in [-0.2, -0.15) is 0 Å². The van der Waals surface area contributed by atoms with Crippen molar-refractivity contribution in [1.29, 1.82) is 0 Å². The van der Waals surface area contributed by atoms with Gasteiger partial charge in [-0.1, -0.05) is 72.9 Å². The van der Waals surface area contributed by atoms with Crippen molar-refractivity contribution in [3.05, 3.63) is 132 Å². The Kier molecular flexibility index (Phi) is 11.3. The third kappa shape index (κ3) is 9.14. The van der Waals surface area contributed by atoms with Crippen LogP contribution in [-0.4, -0.2) is 39.5 Å². The Morgan fingerprint density at radius 1 is 0.523 bits per heavy atom. The summed E-state index contributed by atoms with van der Waals surface area (Å²) in [6.45, 7) is 2.21. The molecular formula is C38H40O6. The second kappa shape index (κ2) is 16.2. The molecule has 5 rings (SSSR count). The van der Waals surface area contributed by atoms with Crippen molar-refractivity contribution in [2.24, 2.45) is 0 Å². The van der Waals surface area contributed by atoms with Gasteiger partial charge in [-0.3, -0.25) is 0 Å². The first-order valence-corrected chi connectivity index (χ1v) is 15.3. The van der Waals surface area contributed by atoms with E-state index >= 15 is 0 Å². The molecule has 0 fully saturated rings. The minimum absolute atomic E-state index is 0.357. The van der Waals surface area contributed by atoms with Crippen LogP contribution in [0.15, 0.2) is 115 Å². The molecule has 0 radical (unpaired) electrons. The Balaban J connectivity index is 0.993. The van der Waals surface area contributed by atoms with E-state index in [-0.39, 0.29) is 0 Å². The molecule has 0 bridgehead atoms. The highest BCUT2D eigenvalue weighted by Gasteiger charge is 2.12. The van der Waals surface area contributed by atoms with Gasteiger partial charge in [-0.15, -0.1) is 0 Å². The number of allylic oxidation sites excluding steroid dienone is 8. The molecule has 0 heterocycles. The van der Waals surface area contributed by atoms with E-state index in [4.69, 9.17) is 23.7 Å². The van der Waals surface area contributed by atoms with Crippen molar-refractivity contribution in [1.82, 2.24) is 0 Å². The highest BCUT2D eigenvalue weighted by atomic mass is 16.5. The summed E-state index contributed by atoms with van der Waals surface area (Å²) in [7, 11) is 1.36. The summed E-state index contributed by atoms with van der Waals surface area (Å²) in [4.78, 5) is 12.2. The summed E-state index contributed by atoms with van der Waals surface area (Å²) in [5.41, 5.74) is 2.91. The summed E-state index contributed by atoms with van der Waals surface area (Å²) < 4.78 is 28.6. The molecule has 3 aromatic rings. The Labute approximate surface area is 260 Å². The van der Waals surface area contributed by atoms with Crippen LogP contribution in [0.3, 0.4) is 0 Å². The Hall–Kier alpha value is -4.71. The molecule has 3 aromatic carbocycles. The van der Waals surface area contributed by atoms with Crippen molar-refractivity contribution in [3.8, 4) is 23.0 Å². The van der Waals surface area contributed by atoms with Crippen LogP contribution in [0, 0.1) is 0 Å². The molecule has 0 N–H and O–H groups in total. The first kappa shape index (κ1) is 30.7. The van der Waals surface area contributed by atoms with Crippen molar-refractivity contribution in [2.45, 2.75) is 37.5 Å². The maximum atomic E-state index is 12.2. The summed E-state index contributed by atoms with van der Waals surface area (Å²) >= 11 is 0. The average molecular weight is 593 g/mol. The quantitative estimate of drug-likeness (QED) is 0.116. The molecule has 0 unspecified atom stereocenters. The molecule has 2 aliphatic carbocycles. The molecule has 0 saturated heterocycles. The lowest BCUT2D eigenvalue weighted by atomic mass is 10.0. The van der Waals surface area contributed by atoms with Gasteiger partial charge in [0.1, 0.15) is 23.0 Å². The number of esters is 1. The molecule has 0 atom stereocenters. The van der Waals surface area contributed by atoms with Crippen LogP contribution in [0.5, 0.6) is 23.0 Å². The average Bonchev–Trinajstić information content (AvgIpc) is 3.80. The van der Waals surface area contributed by atoms with E-state index in [1.165, 1.54) is 18.2 Å². The van der Waals surface area contributed by atoms with E-state index < -0.39 is 5.97 Å². The van der Waals surface area contributed by atoms with Crippen molar-refractivity contribution < 1.29 is 28.5 Å². The summed E-state index contributed by atoms with van der Waals surface area (Å²) in [6.07, 6.45) is 20.3. The standard InChI is InChI=1S/C38H40O6/c1-40-38(39)33-26-36(43-24-8-6-22-41-34-18-14-31(15-19-34)29-10-2-3-11-29)28-37(27-33)44-25-9-7-23-42-35-20-16-32(17-21-35)30-12-4-5-13-30/h2-5,10-21,26-30H,6-9,22-25H2,1H3. The number of rotatable bonds is 17. The number of carbonyl (C=O) groups excluding carboxylic acids is 1. The molecule has 2 aliphatic rings. The lowest BCUT2D eigenvalue weighted by molar-refractivity contribution is 0.0599. The van der Waals surface area contributed by atoms with Crippen LogP contribution in [0.2, 0.25) is 0 Å². The van der Waals surface area contributed by atoms with Crippen LogP contribution in [0.25, 0.3) is 0 Å². The van der Waals surface area contributed by atoms with Crippen LogP contribution in [0.4, 0.5) is 0 Å². The number of methoxy groups -OCH3 is 1. The van der Waals surface area contributed by atoms with Gasteiger partial charge in [0.05, 0.1) is 39.1 Å². The first-order valence-electron chi connectivity index (χ1n) is 15.3. The second-order valence-corrected chi connectivity index (χ2v) is 10.7. The summed E-state index contributed by atoms with van der Waals surface area (Å²) in [5.74, 6) is 3.16. The maximum absolute atomic E-state index is 12.2. The molecule has 6 nitrogen and oxygen atoms in total. The molecule has 0 saturated carbocycles. The number of hydrogen-bond donors (Lipinski definition) is 0. The Morgan fingerprint density at radius 2 is 0.886 bits per heavy atom. The molecule has 228 valence electrons. The number of ether oxygens (including phenoxy) is 5. The molecule has 44 heavy (non-hydrogen) atoms. The highest BCUT2D eigenvalue weighted by molar-refractivity contribution is 5.90. The zero-order valence-electron chi connectivity index (χ0n) is 25.2. The minimum Gasteiger partial charge on any atom is -0.494 e. The molecule has 0 amide bonds. The third-order valence-electron chi connectivity index (χ3n) is 7.48. The van der Waals surface area contributed by atoms with E-state index in [1.807, 2.05) is 30.3 Å². The SMILES string of the molecule is COC(=O)c1cc(OCCCCOc2ccc(C3C=CC=C3)cc2)cc(OCCCCOc2ccc(C3C=CC=C3)cc2)c1. The fraction of sp³-hybridized carbons (Fsp3) is 0.289. The van der Waals surface area contributed by atoms with Crippen LogP contribution < -0.4 is 18.9 Å². The number of carbonyl (C=O) groups is 1. The van der Waals surface area contributed by atoms with Crippen molar-refractivity contribution >= 4 is 5.97 Å². The van der Waals surface area contributed by atoms with E-state index in [0.29, 0.717) is 55.3 Å². The van der Waals surface area contributed by atoms with Gasteiger partial charge < -0.3 is 23.7 Å². The zero-order chi connectivity index (χ0) is 30.4.